The van der Waals surface area contributed by atoms with Crippen LogP contribution in [0.4, 0.5) is 10.1 Å². The van der Waals surface area contributed by atoms with Crippen molar-refractivity contribution in [3.05, 3.63) is 53.7 Å². The van der Waals surface area contributed by atoms with E-state index in [0.29, 0.717) is 24.8 Å². The number of halogens is 1. The van der Waals surface area contributed by atoms with Gasteiger partial charge in [-0.1, -0.05) is 19.9 Å². The molecule has 0 amide bonds. The zero-order chi connectivity index (χ0) is 15.2. The Morgan fingerprint density at radius 3 is 2.67 bits per heavy atom. The molecular weight excluding hydrogens is 267 g/mol. The highest BCUT2D eigenvalue weighted by Gasteiger charge is 2.12. The molecule has 0 saturated heterocycles. The van der Waals surface area contributed by atoms with Crippen LogP contribution in [0.3, 0.4) is 0 Å². The first-order valence-corrected chi connectivity index (χ1v) is 7.39. The molecule has 1 N–H and O–H groups in total. The van der Waals surface area contributed by atoms with Crippen LogP contribution in [0, 0.1) is 5.82 Å². The molecule has 1 aromatic carbocycles. The molecule has 0 aliphatic carbocycles. The van der Waals surface area contributed by atoms with Crippen LogP contribution in [-0.2, 0) is 13.1 Å². The van der Waals surface area contributed by atoms with E-state index in [1.165, 1.54) is 0 Å². The predicted molar refractivity (Wildman–Crippen MR) is 83.8 cm³/mol. The Kier molecular flexibility index (Phi) is 5.39. The van der Waals surface area contributed by atoms with E-state index in [-0.39, 0.29) is 5.82 Å². The van der Waals surface area contributed by atoms with Gasteiger partial charge in [-0.3, -0.25) is 0 Å². The molecular formula is C17H23FN2O. The number of rotatable bonds is 7. The van der Waals surface area contributed by atoms with E-state index < -0.39 is 0 Å². The molecule has 0 fully saturated rings. The lowest BCUT2D eigenvalue weighted by molar-refractivity contribution is 0.501. The second-order valence-electron chi connectivity index (χ2n) is 5.41. The summed E-state index contributed by atoms with van der Waals surface area (Å²) in [5, 5.41) is 3.29. The number of hydrogen-bond acceptors (Lipinski definition) is 3. The Balaban J connectivity index is 2.10. The molecule has 0 saturated carbocycles. The van der Waals surface area contributed by atoms with Crippen LogP contribution in [0.15, 0.2) is 41.0 Å². The molecule has 0 aliphatic rings. The van der Waals surface area contributed by atoms with Crippen molar-refractivity contribution >= 4 is 5.69 Å². The molecule has 0 unspecified atom stereocenters. The fourth-order valence-corrected chi connectivity index (χ4v) is 2.20. The minimum atomic E-state index is -0.188. The lowest BCUT2D eigenvalue weighted by Gasteiger charge is -2.23. The van der Waals surface area contributed by atoms with Gasteiger partial charge in [-0.2, -0.15) is 0 Å². The van der Waals surface area contributed by atoms with Gasteiger partial charge in [0.1, 0.15) is 11.6 Å². The van der Waals surface area contributed by atoms with Crippen molar-refractivity contribution in [1.82, 2.24) is 5.32 Å². The first kappa shape index (κ1) is 15.6. The van der Waals surface area contributed by atoms with Crippen LogP contribution in [0.2, 0.25) is 0 Å². The van der Waals surface area contributed by atoms with Crippen LogP contribution < -0.4 is 10.2 Å². The Morgan fingerprint density at radius 1 is 1.29 bits per heavy atom. The number of benzene rings is 1. The van der Waals surface area contributed by atoms with Crippen molar-refractivity contribution in [2.75, 3.05) is 11.4 Å². The van der Waals surface area contributed by atoms with Crippen molar-refractivity contribution in [3.8, 4) is 0 Å². The molecule has 1 heterocycles. The topological polar surface area (TPSA) is 28.4 Å². The average Bonchev–Trinajstić information content (AvgIpc) is 2.96. The summed E-state index contributed by atoms with van der Waals surface area (Å²) in [6, 6.07) is 9.56. The molecule has 0 radical (unpaired) electrons. The summed E-state index contributed by atoms with van der Waals surface area (Å²) < 4.78 is 19.7. The largest absolute Gasteiger partial charge is 0.467 e. The quantitative estimate of drug-likeness (QED) is 0.837. The third kappa shape index (κ3) is 4.33. The fraction of sp³-hybridized carbons (Fsp3) is 0.412. The van der Waals surface area contributed by atoms with E-state index in [1.807, 2.05) is 36.1 Å². The summed E-state index contributed by atoms with van der Waals surface area (Å²) in [5.41, 5.74) is 1.57. The van der Waals surface area contributed by atoms with Crippen molar-refractivity contribution in [2.45, 2.75) is 39.9 Å². The predicted octanol–water partition coefficient (Wildman–Crippen LogP) is 3.94. The highest BCUT2D eigenvalue weighted by Crippen LogP contribution is 2.22. The minimum absolute atomic E-state index is 0.188. The van der Waals surface area contributed by atoms with E-state index in [0.717, 1.165) is 17.9 Å². The maximum absolute atomic E-state index is 14.3. The van der Waals surface area contributed by atoms with Gasteiger partial charge in [-0.25, -0.2) is 4.39 Å². The summed E-state index contributed by atoms with van der Waals surface area (Å²) in [6.07, 6.45) is 1.64. The molecule has 21 heavy (non-hydrogen) atoms. The van der Waals surface area contributed by atoms with Crippen LogP contribution in [0.25, 0.3) is 0 Å². The van der Waals surface area contributed by atoms with E-state index in [4.69, 9.17) is 4.42 Å². The van der Waals surface area contributed by atoms with Crippen LogP contribution >= 0.6 is 0 Å². The number of hydrogen-bond donors (Lipinski definition) is 1. The number of anilines is 1. The van der Waals surface area contributed by atoms with Crippen molar-refractivity contribution in [2.24, 2.45) is 0 Å². The maximum Gasteiger partial charge on any atom is 0.146 e. The van der Waals surface area contributed by atoms with Crippen LogP contribution in [-0.4, -0.2) is 12.6 Å². The minimum Gasteiger partial charge on any atom is -0.467 e. The normalized spacial score (nSPS) is 11.1. The SMILES string of the molecule is CCN(Cc1ccco1)c1ccc(CNC(C)C)cc1F. The average molecular weight is 290 g/mol. The zero-order valence-corrected chi connectivity index (χ0v) is 12.9. The van der Waals surface area contributed by atoms with Gasteiger partial charge in [0.05, 0.1) is 18.5 Å². The highest BCUT2D eigenvalue weighted by molar-refractivity contribution is 5.49. The van der Waals surface area contributed by atoms with Gasteiger partial charge < -0.3 is 14.6 Å². The molecule has 2 rings (SSSR count). The third-order valence-electron chi connectivity index (χ3n) is 3.38. The smallest absolute Gasteiger partial charge is 0.146 e. The lowest BCUT2D eigenvalue weighted by atomic mass is 10.1. The van der Waals surface area contributed by atoms with E-state index >= 15 is 0 Å². The second kappa shape index (κ2) is 7.27. The van der Waals surface area contributed by atoms with Gasteiger partial charge in [-0.15, -0.1) is 0 Å². The van der Waals surface area contributed by atoms with E-state index in [1.54, 1.807) is 12.3 Å². The van der Waals surface area contributed by atoms with Crippen LogP contribution in [0.1, 0.15) is 32.1 Å². The Labute approximate surface area is 125 Å². The molecule has 0 spiro atoms. The van der Waals surface area contributed by atoms with Crippen molar-refractivity contribution in [3.63, 3.8) is 0 Å². The highest BCUT2D eigenvalue weighted by atomic mass is 19.1. The molecule has 2 aromatic rings. The molecule has 3 nitrogen and oxygen atoms in total. The van der Waals surface area contributed by atoms with Crippen LogP contribution in [0.5, 0.6) is 0 Å². The van der Waals surface area contributed by atoms with Gasteiger partial charge in [0.15, 0.2) is 0 Å². The summed E-state index contributed by atoms with van der Waals surface area (Å²) in [4.78, 5) is 1.97. The van der Waals surface area contributed by atoms with E-state index in [2.05, 4.69) is 19.2 Å². The first-order chi connectivity index (χ1) is 10.1. The number of nitrogens with zero attached hydrogens (tertiary/aromatic N) is 1. The van der Waals surface area contributed by atoms with Crippen molar-refractivity contribution < 1.29 is 8.81 Å². The molecule has 0 atom stereocenters. The fourth-order valence-electron chi connectivity index (χ4n) is 2.20. The van der Waals surface area contributed by atoms with Crippen molar-refractivity contribution in [1.29, 1.82) is 0 Å². The van der Waals surface area contributed by atoms with Gasteiger partial charge in [0, 0.05) is 19.1 Å². The van der Waals surface area contributed by atoms with Gasteiger partial charge in [-0.05, 0) is 36.8 Å². The Bertz CT molecular complexity index is 552. The molecule has 0 bridgehead atoms. The molecule has 0 aliphatic heterocycles. The van der Waals surface area contributed by atoms with E-state index in [9.17, 15) is 4.39 Å². The number of furan rings is 1. The number of nitrogens with one attached hydrogen (secondary N) is 1. The summed E-state index contributed by atoms with van der Waals surface area (Å²) in [7, 11) is 0. The third-order valence-corrected chi connectivity index (χ3v) is 3.38. The first-order valence-electron chi connectivity index (χ1n) is 7.39. The Hall–Kier alpha value is -1.81. The standard InChI is InChI=1S/C17H23FN2O/c1-4-20(12-15-6-5-9-21-15)17-8-7-14(10-16(17)18)11-19-13(2)3/h5-10,13,19H,4,11-12H2,1-3H3. The molecule has 1 aromatic heterocycles. The Morgan fingerprint density at radius 2 is 2.10 bits per heavy atom. The monoisotopic (exact) mass is 290 g/mol. The van der Waals surface area contributed by atoms with Gasteiger partial charge in [0.25, 0.3) is 0 Å². The molecule has 114 valence electrons. The lowest BCUT2D eigenvalue weighted by Crippen LogP contribution is -2.24. The zero-order valence-electron chi connectivity index (χ0n) is 12.9. The summed E-state index contributed by atoms with van der Waals surface area (Å²) in [6.45, 7) is 8.14. The molecule has 4 heteroatoms. The second-order valence-corrected chi connectivity index (χ2v) is 5.41. The summed E-state index contributed by atoms with van der Waals surface area (Å²) >= 11 is 0. The van der Waals surface area contributed by atoms with Gasteiger partial charge >= 0.3 is 0 Å². The maximum atomic E-state index is 14.3. The summed E-state index contributed by atoms with van der Waals surface area (Å²) in [5.74, 6) is 0.647. The van der Waals surface area contributed by atoms with Gasteiger partial charge in [0.2, 0.25) is 0 Å².